The molecule has 0 saturated carbocycles. The minimum atomic E-state index is -1.20. The Morgan fingerprint density at radius 2 is 1.77 bits per heavy atom. The monoisotopic (exact) mass is 562 g/mol. The molecular weight excluding hydrogens is 540 g/mol. The highest BCUT2D eigenvalue weighted by molar-refractivity contribution is 8.00. The van der Waals surface area contributed by atoms with E-state index in [1.165, 1.54) is 47.4 Å². The van der Waals surface area contributed by atoms with E-state index >= 15 is 0 Å². The van der Waals surface area contributed by atoms with Gasteiger partial charge in [-0.05, 0) is 36.8 Å². The zero-order chi connectivity index (χ0) is 27.9. The summed E-state index contributed by atoms with van der Waals surface area (Å²) in [5.74, 6) is -2.00. The number of carboxylic acid groups (broad SMARTS) is 1. The highest BCUT2D eigenvalue weighted by Crippen LogP contribution is 2.31. The first-order valence-electron chi connectivity index (χ1n) is 11.7. The van der Waals surface area contributed by atoms with Gasteiger partial charge in [0.2, 0.25) is 5.91 Å². The van der Waals surface area contributed by atoms with Crippen molar-refractivity contribution in [1.29, 1.82) is 0 Å². The number of nitrogens with one attached hydrogen (secondary N) is 2. The first-order valence-corrected chi connectivity index (χ1v) is 13.4. The molecule has 2 amide bonds. The van der Waals surface area contributed by atoms with Gasteiger partial charge in [-0.2, -0.15) is 0 Å². The molecule has 198 valence electrons. The van der Waals surface area contributed by atoms with Crippen molar-refractivity contribution in [2.75, 3.05) is 10.6 Å². The van der Waals surface area contributed by atoms with Crippen molar-refractivity contribution in [1.82, 2.24) is 4.98 Å². The van der Waals surface area contributed by atoms with Gasteiger partial charge in [-0.1, -0.05) is 37.3 Å². The number of benzene rings is 3. The molecule has 4 rings (SSSR count). The molecule has 0 bridgehead atoms. The molecule has 10 nitrogen and oxygen atoms in total. The molecule has 1 heterocycles. The van der Waals surface area contributed by atoms with Gasteiger partial charge in [0.05, 0.1) is 27.0 Å². The molecular formula is C27H22N4O6S2. The maximum Gasteiger partial charge on any atom is 0.336 e. The Labute approximate surface area is 231 Å². The first-order chi connectivity index (χ1) is 18.7. The van der Waals surface area contributed by atoms with E-state index in [4.69, 9.17) is 0 Å². The summed E-state index contributed by atoms with van der Waals surface area (Å²) in [7, 11) is 0. The third-order valence-electron chi connectivity index (χ3n) is 5.52. The minimum Gasteiger partial charge on any atom is -0.478 e. The molecule has 0 spiro atoms. The van der Waals surface area contributed by atoms with Crippen LogP contribution in [0.25, 0.3) is 11.3 Å². The van der Waals surface area contributed by atoms with Gasteiger partial charge in [-0.15, -0.1) is 23.1 Å². The predicted molar refractivity (Wildman–Crippen MR) is 151 cm³/mol. The Morgan fingerprint density at radius 1 is 1.03 bits per heavy atom. The topological polar surface area (TPSA) is 152 Å². The van der Waals surface area contributed by atoms with Crippen molar-refractivity contribution < 1.29 is 24.4 Å². The number of hydrogen-bond acceptors (Lipinski definition) is 8. The summed E-state index contributed by atoms with van der Waals surface area (Å²) in [6.07, 6.45) is 0.516. The maximum absolute atomic E-state index is 13.0. The van der Waals surface area contributed by atoms with Crippen molar-refractivity contribution >= 4 is 57.4 Å². The Balaban J connectivity index is 1.42. The van der Waals surface area contributed by atoms with Crippen LogP contribution in [0.3, 0.4) is 0 Å². The highest BCUT2D eigenvalue weighted by Gasteiger charge is 2.21. The number of non-ortho nitro benzene ring substituents is 1. The Kier molecular flexibility index (Phi) is 8.69. The Hall–Kier alpha value is -4.55. The number of carboxylic acids is 1. The fourth-order valence-corrected chi connectivity index (χ4v) is 5.36. The van der Waals surface area contributed by atoms with Crippen LogP contribution >= 0.6 is 23.1 Å². The number of thiazole rings is 1. The van der Waals surface area contributed by atoms with E-state index in [0.717, 1.165) is 4.90 Å². The zero-order valence-electron chi connectivity index (χ0n) is 20.5. The summed E-state index contributed by atoms with van der Waals surface area (Å²) in [6.45, 7) is 1.88. The van der Waals surface area contributed by atoms with Crippen molar-refractivity contribution in [2.24, 2.45) is 0 Å². The lowest BCUT2D eigenvalue weighted by atomic mass is 10.1. The number of amides is 2. The van der Waals surface area contributed by atoms with E-state index in [1.54, 1.807) is 47.8 Å². The first kappa shape index (κ1) is 27.5. The number of nitro benzene ring substituents is 1. The van der Waals surface area contributed by atoms with E-state index < -0.39 is 22.0 Å². The number of thioether (sulfide) groups is 1. The van der Waals surface area contributed by atoms with Crippen LogP contribution in [0.2, 0.25) is 0 Å². The van der Waals surface area contributed by atoms with Crippen LogP contribution < -0.4 is 10.6 Å². The van der Waals surface area contributed by atoms with E-state index in [0.29, 0.717) is 28.5 Å². The van der Waals surface area contributed by atoms with Crippen LogP contribution in [0.15, 0.2) is 83.1 Å². The predicted octanol–water partition coefficient (Wildman–Crippen LogP) is 6.18. The number of aromatic nitrogens is 1. The van der Waals surface area contributed by atoms with Gasteiger partial charge in [0.15, 0.2) is 5.13 Å². The summed E-state index contributed by atoms with van der Waals surface area (Å²) in [6, 6.07) is 19.0. The Bertz CT molecular complexity index is 1550. The molecule has 0 aliphatic rings. The van der Waals surface area contributed by atoms with Crippen molar-refractivity contribution in [3.63, 3.8) is 0 Å². The van der Waals surface area contributed by atoms with Crippen LogP contribution in [0, 0.1) is 10.1 Å². The molecule has 0 aliphatic heterocycles. The zero-order valence-corrected chi connectivity index (χ0v) is 22.1. The lowest BCUT2D eigenvalue weighted by Gasteiger charge is -2.14. The molecule has 12 heteroatoms. The fraction of sp³-hybridized carbons (Fsp3) is 0.111. The van der Waals surface area contributed by atoms with Crippen molar-refractivity contribution in [3.8, 4) is 11.3 Å². The molecule has 0 saturated heterocycles. The second-order valence-corrected chi connectivity index (χ2v) is 10.3. The number of rotatable bonds is 10. The van der Waals surface area contributed by atoms with Crippen LogP contribution in [0.4, 0.5) is 16.5 Å². The molecule has 39 heavy (non-hydrogen) atoms. The van der Waals surface area contributed by atoms with E-state index in [1.807, 2.05) is 13.0 Å². The van der Waals surface area contributed by atoms with Crippen LogP contribution in [0.1, 0.15) is 34.1 Å². The van der Waals surface area contributed by atoms with Gasteiger partial charge in [0.25, 0.3) is 11.6 Å². The van der Waals surface area contributed by atoms with Gasteiger partial charge < -0.3 is 15.7 Å². The number of anilines is 2. The number of nitro groups is 1. The Morgan fingerprint density at radius 3 is 2.49 bits per heavy atom. The van der Waals surface area contributed by atoms with Crippen molar-refractivity contribution in [3.05, 3.63) is 99.4 Å². The van der Waals surface area contributed by atoms with Gasteiger partial charge in [-0.25, -0.2) is 9.78 Å². The quantitative estimate of drug-likeness (QED) is 0.118. The number of carbonyl (C=O) groups is 3. The normalized spacial score (nSPS) is 11.4. The van der Waals surface area contributed by atoms with Crippen LogP contribution in [-0.2, 0) is 4.79 Å². The third-order valence-corrected chi connectivity index (χ3v) is 7.64. The average Bonchev–Trinajstić information content (AvgIpc) is 3.40. The molecule has 3 aromatic carbocycles. The molecule has 0 aliphatic carbocycles. The standard InChI is InChI=1S/C27H22N4O6S2/c1-2-23(25(33)30-27-29-22(15-38-27)16-7-5-9-18(13-16)31(36)37)39-19-10-6-8-17(14-19)28-24(32)20-11-3-4-12-21(20)26(34)35/h3-15,23H,2H2,1H3,(H,28,32)(H,34,35)(H,29,30,33). The lowest BCUT2D eigenvalue weighted by Crippen LogP contribution is -2.24. The highest BCUT2D eigenvalue weighted by atomic mass is 32.2. The molecule has 1 atom stereocenters. The molecule has 4 aromatic rings. The van der Waals surface area contributed by atoms with Gasteiger partial charge in [0.1, 0.15) is 0 Å². The number of hydrogen-bond donors (Lipinski definition) is 3. The molecule has 0 fully saturated rings. The average molecular weight is 563 g/mol. The minimum absolute atomic E-state index is 0.0433. The van der Waals surface area contributed by atoms with E-state index in [-0.39, 0.29) is 22.7 Å². The second kappa shape index (κ2) is 12.3. The number of carbonyl (C=O) groups excluding carboxylic acids is 2. The summed E-state index contributed by atoms with van der Waals surface area (Å²) in [4.78, 5) is 52.9. The smallest absolute Gasteiger partial charge is 0.336 e. The van der Waals surface area contributed by atoms with Gasteiger partial charge in [0, 0.05) is 33.7 Å². The largest absolute Gasteiger partial charge is 0.478 e. The second-order valence-electron chi connectivity index (χ2n) is 8.18. The van der Waals surface area contributed by atoms with Crippen LogP contribution in [0.5, 0.6) is 0 Å². The lowest BCUT2D eigenvalue weighted by molar-refractivity contribution is -0.384. The number of aromatic carboxylic acids is 1. The summed E-state index contributed by atoms with van der Waals surface area (Å²) < 4.78 is 0. The van der Waals surface area contributed by atoms with E-state index in [9.17, 15) is 29.6 Å². The summed E-state index contributed by atoms with van der Waals surface area (Å²) >= 11 is 2.53. The fourth-order valence-electron chi connectivity index (χ4n) is 3.63. The molecule has 1 aromatic heterocycles. The third kappa shape index (κ3) is 6.86. The van der Waals surface area contributed by atoms with E-state index in [2.05, 4.69) is 15.6 Å². The molecule has 3 N–H and O–H groups in total. The SMILES string of the molecule is CCC(Sc1cccc(NC(=O)c2ccccc2C(=O)O)c1)C(=O)Nc1nc(-c2cccc([N+](=O)[O-])c2)cs1. The molecule has 1 unspecified atom stereocenters. The van der Waals surface area contributed by atoms with Gasteiger partial charge in [-0.3, -0.25) is 19.7 Å². The van der Waals surface area contributed by atoms with Crippen molar-refractivity contribution in [2.45, 2.75) is 23.5 Å². The molecule has 0 radical (unpaired) electrons. The van der Waals surface area contributed by atoms with Gasteiger partial charge >= 0.3 is 5.97 Å². The van der Waals surface area contributed by atoms with Crippen LogP contribution in [-0.4, -0.2) is 38.0 Å². The summed E-state index contributed by atoms with van der Waals surface area (Å²) in [5, 5.41) is 27.6. The number of nitrogens with zero attached hydrogens (tertiary/aromatic N) is 2. The maximum atomic E-state index is 13.0. The summed E-state index contributed by atoms with van der Waals surface area (Å²) in [5.41, 5.74) is 1.46.